The minimum absolute atomic E-state index is 0. The summed E-state index contributed by atoms with van der Waals surface area (Å²) in [4.78, 5) is 4.20. The van der Waals surface area contributed by atoms with Gasteiger partial charge < -0.3 is 15.8 Å². The summed E-state index contributed by atoms with van der Waals surface area (Å²) in [5.74, 6) is -0.847. The molecule has 0 aliphatic heterocycles. The Hall–Kier alpha value is -2.04. The van der Waals surface area contributed by atoms with Crippen LogP contribution in [0.5, 0.6) is 5.75 Å². The Morgan fingerprint density at radius 2 is 1.77 bits per heavy atom. The van der Waals surface area contributed by atoms with Gasteiger partial charge in [-0.3, -0.25) is 0 Å². The SMILES string of the molecule is I.NC(=NC1CC1c1ccccc1F)Nc1ccccc1OC(F)(F)F. The van der Waals surface area contributed by atoms with Crippen LogP contribution < -0.4 is 15.8 Å². The van der Waals surface area contributed by atoms with E-state index in [0.29, 0.717) is 12.0 Å². The van der Waals surface area contributed by atoms with Crippen LogP contribution in [-0.2, 0) is 0 Å². The molecule has 1 fully saturated rings. The van der Waals surface area contributed by atoms with Crippen molar-refractivity contribution in [3.8, 4) is 5.75 Å². The molecule has 0 aromatic heterocycles. The quantitative estimate of drug-likeness (QED) is 0.290. The number of halogens is 5. The predicted molar refractivity (Wildman–Crippen MR) is 101 cm³/mol. The Kier molecular flexibility index (Phi) is 6.32. The molecule has 2 aromatic carbocycles. The molecule has 9 heteroatoms. The monoisotopic (exact) mass is 481 g/mol. The molecule has 0 heterocycles. The van der Waals surface area contributed by atoms with Crippen LogP contribution in [0.1, 0.15) is 17.9 Å². The van der Waals surface area contributed by atoms with Crippen molar-refractivity contribution in [1.82, 2.24) is 0 Å². The van der Waals surface area contributed by atoms with Crippen molar-refractivity contribution < 1.29 is 22.3 Å². The molecule has 0 radical (unpaired) electrons. The van der Waals surface area contributed by atoms with Gasteiger partial charge in [-0.1, -0.05) is 30.3 Å². The number of benzene rings is 2. The van der Waals surface area contributed by atoms with Crippen LogP contribution in [0.15, 0.2) is 53.5 Å². The minimum Gasteiger partial charge on any atom is -0.404 e. The van der Waals surface area contributed by atoms with Gasteiger partial charge in [-0.15, -0.1) is 37.1 Å². The molecule has 1 aliphatic rings. The zero-order valence-electron chi connectivity index (χ0n) is 13.3. The first kappa shape index (κ1) is 20.3. The summed E-state index contributed by atoms with van der Waals surface area (Å²) >= 11 is 0. The molecule has 2 unspecified atom stereocenters. The summed E-state index contributed by atoms with van der Waals surface area (Å²) in [6.07, 6.45) is -4.18. The largest absolute Gasteiger partial charge is 0.573 e. The van der Waals surface area contributed by atoms with E-state index in [2.05, 4.69) is 15.0 Å². The van der Waals surface area contributed by atoms with Gasteiger partial charge in [0.25, 0.3) is 0 Å². The molecule has 3 N–H and O–H groups in total. The number of anilines is 1. The lowest BCUT2D eigenvalue weighted by atomic mass is 10.1. The van der Waals surface area contributed by atoms with E-state index in [0.717, 1.165) is 0 Å². The second-order valence-electron chi connectivity index (χ2n) is 5.61. The van der Waals surface area contributed by atoms with Crippen molar-refractivity contribution in [2.24, 2.45) is 10.7 Å². The number of para-hydroxylation sites is 2. The van der Waals surface area contributed by atoms with E-state index in [1.54, 1.807) is 18.2 Å². The maximum atomic E-state index is 13.7. The predicted octanol–water partition coefficient (Wildman–Crippen LogP) is 4.63. The van der Waals surface area contributed by atoms with E-state index in [9.17, 15) is 17.6 Å². The summed E-state index contributed by atoms with van der Waals surface area (Å²) in [6, 6.07) is 11.7. The Morgan fingerprint density at radius 3 is 2.46 bits per heavy atom. The summed E-state index contributed by atoms with van der Waals surface area (Å²) < 4.78 is 54.9. The normalized spacial score (nSPS) is 19.5. The van der Waals surface area contributed by atoms with Gasteiger partial charge in [0.2, 0.25) is 0 Å². The number of alkyl halides is 3. The Morgan fingerprint density at radius 1 is 1.12 bits per heavy atom. The van der Waals surface area contributed by atoms with E-state index in [-0.39, 0.29) is 53.4 Å². The number of ether oxygens (including phenoxy) is 1. The number of guanidine groups is 1. The first-order valence-corrected chi connectivity index (χ1v) is 7.53. The van der Waals surface area contributed by atoms with Crippen molar-refractivity contribution in [3.63, 3.8) is 0 Å². The van der Waals surface area contributed by atoms with E-state index in [4.69, 9.17) is 5.73 Å². The number of hydrogen-bond donors (Lipinski definition) is 2. The highest BCUT2D eigenvalue weighted by Crippen LogP contribution is 2.44. The molecule has 26 heavy (non-hydrogen) atoms. The average molecular weight is 481 g/mol. The van der Waals surface area contributed by atoms with Gasteiger partial charge in [0, 0.05) is 5.92 Å². The van der Waals surface area contributed by atoms with E-state index in [1.807, 2.05) is 0 Å². The van der Waals surface area contributed by atoms with Gasteiger partial charge in [0.15, 0.2) is 11.7 Å². The molecule has 140 valence electrons. The average Bonchev–Trinajstić information content (AvgIpc) is 3.27. The molecule has 2 aromatic rings. The topological polar surface area (TPSA) is 59.6 Å². The highest BCUT2D eigenvalue weighted by atomic mass is 127. The van der Waals surface area contributed by atoms with Crippen LogP contribution >= 0.6 is 24.0 Å². The lowest BCUT2D eigenvalue weighted by molar-refractivity contribution is -0.274. The third-order valence-electron chi connectivity index (χ3n) is 3.74. The van der Waals surface area contributed by atoms with Crippen LogP contribution in [0.2, 0.25) is 0 Å². The Labute approximate surface area is 164 Å². The zero-order chi connectivity index (χ0) is 18.0. The van der Waals surface area contributed by atoms with Crippen LogP contribution in [0, 0.1) is 5.82 Å². The van der Waals surface area contributed by atoms with Crippen LogP contribution in [0.4, 0.5) is 23.2 Å². The van der Waals surface area contributed by atoms with Crippen LogP contribution in [0.25, 0.3) is 0 Å². The fraction of sp³-hybridized carbons (Fsp3) is 0.235. The van der Waals surface area contributed by atoms with Gasteiger partial charge in [0.05, 0.1) is 11.7 Å². The number of rotatable bonds is 4. The standard InChI is InChI=1S/C17H15F4N3O.HI/c18-12-6-2-1-5-10(12)11-9-14(11)24-16(22)23-13-7-3-4-8-15(13)25-17(19,20)21;/h1-8,11,14H,9H2,(H3,22,23,24);1H. The summed E-state index contributed by atoms with van der Waals surface area (Å²) in [5.41, 5.74) is 6.37. The van der Waals surface area contributed by atoms with Crippen molar-refractivity contribution >= 4 is 35.6 Å². The van der Waals surface area contributed by atoms with E-state index in [1.165, 1.54) is 30.3 Å². The molecule has 0 amide bonds. The smallest absolute Gasteiger partial charge is 0.404 e. The second kappa shape index (κ2) is 8.11. The molecular formula is C17H16F4IN3O. The molecule has 0 bridgehead atoms. The molecule has 4 nitrogen and oxygen atoms in total. The van der Waals surface area contributed by atoms with Crippen molar-refractivity contribution in [1.29, 1.82) is 0 Å². The number of nitrogens with zero attached hydrogens (tertiary/aromatic N) is 1. The maximum Gasteiger partial charge on any atom is 0.573 e. The van der Waals surface area contributed by atoms with Crippen molar-refractivity contribution in [2.45, 2.75) is 24.7 Å². The summed E-state index contributed by atoms with van der Waals surface area (Å²) in [6.45, 7) is 0. The zero-order valence-corrected chi connectivity index (χ0v) is 15.7. The first-order chi connectivity index (χ1) is 11.8. The van der Waals surface area contributed by atoms with Gasteiger partial charge in [-0.05, 0) is 30.2 Å². The second-order valence-corrected chi connectivity index (χ2v) is 5.61. The van der Waals surface area contributed by atoms with Crippen molar-refractivity contribution in [2.75, 3.05) is 5.32 Å². The summed E-state index contributed by atoms with van der Waals surface area (Å²) in [7, 11) is 0. The first-order valence-electron chi connectivity index (χ1n) is 7.53. The number of hydrogen-bond acceptors (Lipinski definition) is 2. The highest BCUT2D eigenvalue weighted by molar-refractivity contribution is 14.0. The Bertz CT molecular complexity index is 798. The van der Waals surface area contributed by atoms with Crippen LogP contribution in [0.3, 0.4) is 0 Å². The van der Waals surface area contributed by atoms with E-state index < -0.39 is 12.1 Å². The molecule has 1 aliphatic carbocycles. The number of nitrogens with two attached hydrogens (primary N) is 1. The van der Waals surface area contributed by atoms with Gasteiger partial charge >= 0.3 is 6.36 Å². The molecule has 0 saturated heterocycles. The number of nitrogens with one attached hydrogen (secondary N) is 1. The lowest BCUT2D eigenvalue weighted by Gasteiger charge is -2.14. The fourth-order valence-corrected chi connectivity index (χ4v) is 2.57. The minimum atomic E-state index is -4.81. The molecule has 3 rings (SSSR count). The van der Waals surface area contributed by atoms with Gasteiger partial charge in [-0.2, -0.15) is 0 Å². The summed E-state index contributed by atoms with van der Waals surface area (Å²) in [5, 5.41) is 2.60. The fourth-order valence-electron chi connectivity index (χ4n) is 2.57. The van der Waals surface area contributed by atoms with Crippen molar-refractivity contribution in [3.05, 3.63) is 59.9 Å². The molecular weight excluding hydrogens is 465 g/mol. The van der Waals surface area contributed by atoms with Gasteiger partial charge in [0.1, 0.15) is 5.82 Å². The molecule has 1 saturated carbocycles. The van der Waals surface area contributed by atoms with E-state index >= 15 is 0 Å². The third-order valence-corrected chi connectivity index (χ3v) is 3.74. The number of aliphatic imine (C=N–C) groups is 1. The van der Waals surface area contributed by atoms with Gasteiger partial charge in [-0.25, -0.2) is 9.38 Å². The molecule has 0 spiro atoms. The van der Waals surface area contributed by atoms with Crippen LogP contribution in [-0.4, -0.2) is 18.4 Å². The lowest BCUT2D eigenvalue weighted by Crippen LogP contribution is -2.25. The highest BCUT2D eigenvalue weighted by Gasteiger charge is 2.40. The maximum absolute atomic E-state index is 13.7. The molecule has 2 atom stereocenters. The Balaban J connectivity index is 0.00000243. The third kappa shape index (κ3) is 5.23.